The lowest BCUT2D eigenvalue weighted by atomic mass is 10.2. The van der Waals surface area contributed by atoms with Crippen LogP contribution in [-0.2, 0) is 10.8 Å². The molecule has 2 N–H and O–H groups in total. The number of benzene rings is 2. The molecule has 0 saturated carbocycles. The van der Waals surface area contributed by atoms with Gasteiger partial charge in [0.25, 0.3) is 0 Å². The zero-order valence-corrected chi connectivity index (χ0v) is 14.0. The van der Waals surface area contributed by atoms with Crippen molar-refractivity contribution in [2.24, 2.45) is 0 Å². The molecule has 2 aromatic rings. The average Bonchev–Trinajstić information content (AvgIpc) is 2.51. The van der Waals surface area contributed by atoms with Gasteiger partial charge >= 0.3 is 6.03 Å². The van der Waals surface area contributed by atoms with Gasteiger partial charge in [-0.05, 0) is 31.2 Å². The predicted octanol–water partition coefficient (Wildman–Crippen LogP) is 3.29. The van der Waals surface area contributed by atoms with Crippen LogP contribution < -0.4 is 15.4 Å². The fourth-order valence-electron chi connectivity index (χ4n) is 1.87. The SMILES string of the molecule is Cc1ccc(Oc2ccccc2NC(=O)NCC[S@@](C)=O)cc1. The van der Waals surface area contributed by atoms with Crippen LogP contribution >= 0.6 is 0 Å². The zero-order valence-electron chi connectivity index (χ0n) is 13.2. The molecule has 0 aliphatic carbocycles. The third-order valence-corrected chi connectivity index (χ3v) is 3.84. The summed E-state index contributed by atoms with van der Waals surface area (Å²) in [5, 5.41) is 5.40. The summed E-state index contributed by atoms with van der Waals surface area (Å²) in [5.41, 5.74) is 1.72. The first kappa shape index (κ1) is 17.0. The molecular weight excluding hydrogens is 312 g/mol. The summed E-state index contributed by atoms with van der Waals surface area (Å²) in [6.07, 6.45) is 1.60. The fourth-order valence-corrected chi connectivity index (χ4v) is 2.26. The molecule has 2 amide bonds. The quantitative estimate of drug-likeness (QED) is 0.853. The van der Waals surface area contributed by atoms with Gasteiger partial charge in [-0.2, -0.15) is 0 Å². The van der Waals surface area contributed by atoms with Gasteiger partial charge in [0, 0.05) is 29.4 Å². The highest BCUT2D eigenvalue weighted by molar-refractivity contribution is 7.84. The third-order valence-electron chi connectivity index (χ3n) is 3.06. The molecule has 0 heterocycles. The van der Waals surface area contributed by atoms with Crippen molar-refractivity contribution < 1.29 is 13.7 Å². The van der Waals surface area contributed by atoms with Gasteiger partial charge in [0.1, 0.15) is 5.75 Å². The van der Waals surface area contributed by atoms with E-state index in [4.69, 9.17) is 4.74 Å². The Bertz CT molecular complexity index is 686. The average molecular weight is 332 g/mol. The van der Waals surface area contributed by atoms with Crippen molar-refractivity contribution in [1.29, 1.82) is 0 Å². The number of nitrogens with one attached hydrogen (secondary N) is 2. The van der Waals surface area contributed by atoms with Crippen LogP contribution in [0.4, 0.5) is 10.5 Å². The molecule has 0 bridgehead atoms. The number of hydrogen-bond donors (Lipinski definition) is 2. The lowest BCUT2D eigenvalue weighted by Crippen LogP contribution is -2.31. The minimum Gasteiger partial charge on any atom is -0.455 e. The second-order valence-electron chi connectivity index (χ2n) is 5.07. The van der Waals surface area contributed by atoms with E-state index < -0.39 is 10.8 Å². The number of carbonyl (C=O) groups is 1. The molecule has 0 spiro atoms. The van der Waals surface area contributed by atoms with E-state index in [1.54, 1.807) is 18.4 Å². The lowest BCUT2D eigenvalue weighted by molar-refractivity contribution is 0.252. The molecule has 0 aromatic heterocycles. The Labute approximate surface area is 138 Å². The number of aryl methyl sites for hydroxylation is 1. The molecule has 0 unspecified atom stereocenters. The van der Waals surface area contributed by atoms with Crippen LogP contribution in [0.2, 0.25) is 0 Å². The Morgan fingerprint density at radius 3 is 2.52 bits per heavy atom. The maximum Gasteiger partial charge on any atom is 0.319 e. The van der Waals surface area contributed by atoms with E-state index >= 15 is 0 Å². The number of anilines is 1. The Kier molecular flexibility index (Phi) is 6.17. The highest BCUT2D eigenvalue weighted by Gasteiger charge is 2.08. The van der Waals surface area contributed by atoms with Gasteiger partial charge in [0.05, 0.1) is 5.69 Å². The van der Waals surface area contributed by atoms with E-state index in [1.165, 1.54) is 0 Å². The molecule has 0 fully saturated rings. The predicted molar refractivity (Wildman–Crippen MR) is 93.6 cm³/mol. The third kappa shape index (κ3) is 5.75. The van der Waals surface area contributed by atoms with Gasteiger partial charge in [0.2, 0.25) is 0 Å². The molecule has 0 radical (unpaired) electrons. The largest absolute Gasteiger partial charge is 0.455 e. The highest BCUT2D eigenvalue weighted by Crippen LogP contribution is 2.29. The highest BCUT2D eigenvalue weighted by atomic mass is 32.2. The first-order chi connectivity index (χ1) is 11.0. The standard InChI is InChI=1S/C17H20N2O3S/c1-13-7-9-14(10-8-13)22-16-6-4-3-5-15(16)19-17(20)18-11-12-23(2)21/h3-10H,11-12H2,1-2H3,(H2,18,19,20)/t23-/m1/s1. The van der Waals surface area contributed by atoms with Crippen molar-refractivity contribution in [3.05, 3.63) is 54.1 Å². The van der Waals surface area contributed by atoms with Gasteiger partial charge in [-0.1, -0.05) is 29.8 Å². The number of urea groups is 1. The summed E-state index contributed by atoms with van der Waals surface area (Å²) in [6.45, 7) is 2.36. The van der Waals surface area contributed by atoms with E-state index in [2.05, 4.69) is 10.6 Å². The number of amides is 2. The Morgan fingerprint density at radius 2 is 1.83 bits per heavy atom. The van der Waals surface area contributed by atoms with Crippen molar-refractivity contribution in [2.75, 3.05) is 23.9 Å². The molecule has 0 aliphatic rings. The van der Waals surface area contributed by atoms with E-state index in [0.717, 1.165) is 5.56 Å². The summed E-state index contributed by atoms with van der Waals surface area (Å²) in [5.74, 6) is 1.69. The first-order valence-corrected chi connectivity index (χ1v) is 8.96. The first-order valence-electron chi connectivity index (χ1n) is 7.23. The molecule has 23 heavy (non-hydrogen) atoms. The van der Waals surface area contributed by atoms with Gasteiger partial charge in [-0.25, -0.2) is 4.79 Å². The van der Waals surface area contributed by atoms with Crippen LogP contribution in [0.3, 0.4) is 0 Å². The van der Waals surface area contributed by atoms with E-state index in [9.17, 15) is 9.00 Å². The summed E-state index contributed by atoms with van der Waals surface area (Å²) in [4.78, 5) is 11.9. The van der Waals surface area contributed by atoms with Crippen LogP contribution in [0.1, 0.15) is 5.56 Å². The van der Waals surface area contributed by atoms with Crippen LogP contribution in [0.15, 0.2) is 48.5 Å². The number of ether oxygens (including phenoxy) is 1. The molecule has 2 rings (SSSR count). The van der Waals surface area contributed by atoms with Gasteiger partial charge < -0.3 is 15.4 Å². The van der Waals surface area contributed by atoms with Gasteiger partial charge in [0.15, 0.2) is 5.75 Å². The molecule has 1 atom stereocenters. The molecule has 5 nitrogen and oxygen atoms in total. The van der Waals surface area contributed by atoms with Crippen molar-refractivity contribution in [3.63, 3.8) is 0 Å². The Morgan fingerprint density at radius 1 is 1.13 bits per heavy atom. The summed E-state index contributed by atoms with van der Waals surface area (Å²) in [6, 6.07) is 14.5. The molecule has 2 aromatic carbocycles. The van der Waals surface area contributed by atoms with Crippen molar-refractivity contribution >= 4 is 22.5 Å². The fraction of sp³-hybridized carbons (Fsp3) is 0.235. The Balaban J connectivity index is 2.01. The maximum atomic E-state index is 11.9. The summed E-state index contributed by atoms with van der Waals surface area (Å²) < 4.78 is 16.8. The normalized spacial score (nSPS) is 11.6. The number of hydrogen-bond acceptors (Lipinski definition) is 3. The minimum atomic E-state index is -0.929. The molecule has 6 heteroatoms. The van der Waals surface area contributed by atoms with E-state index in [1.807, 2.05) is 43.3 Å². The molecule has 122 valence electrons. The van der Waals surface area contributed by atoms with Gasteiger partial charge in [-0.3, -0.25) is 4.21 Å². The molecule has 0 aliphatic heterocycles. The number of carbonyl (C=O) groups excluding carboxylic acids is 1. The number of rotatable bonds is 6. The summed E-state index contributed by atoms with van der Waals surface area (Å²) in [7, 11) is -0.929. The van der Waals surface area contributed by atoms with Crippen LogP contribution in [0.25, 0.3) is 0 Å². The minimum absolute atomic E-state index is 0.351. The smallest absolute Gasteiger partial charge is 0.319 e. The van der Waals surface area contributed by atoms with E-state index in [-0.39, 0.29) is 6.03 Å². The monoisotopic (exact) mass is 332 g/mol. The van der Waals surface area contributed by atoms with E-state index in [0.29, 0.717) is 29.5 Å². The van der Waals surface area contributed by atoms with Crippen molar-refractivity contribution in [3.8, 4) is 11.5 Å². The second kappa shape index (κ2) is 8.33. The Hall–Kier alpha value is -2.34. The lowest BCUT2D eigenvalue weighted by Gasteiger charge is -2.13. The maximum absolute atomic E-state index is 11.9. The van der Waals surface area contributed by atoms with Crippen LogP contribution in [0.5, 0.6) is 11.5 Å². The molecule has 0 saturated heterocycles. The number of para-hydroxylation sites is 2. The topological polar surface area (TPSA) is 67.4 Å². The molecular formula is C17H20N2O3S. The summed E-state index contributed by atoms with van der Waals surface area (Å²) >= 11 is 0. The van der Waals surface area contributed by atoms with Gasteiger partial charge in [-0.15, -0.1) is 0 Å². The zero-order chi connectivity index (χ0) is 16.7. The second-order valence-corrected chi connectivity index (χ2v) is 6.62. The van der Waals surface area contributed by atoms with Crippen LogP contribution in [0, 0.1) is 6.92 Å². The van der Waals surface area contributed by atoms with Crippen LogP contribution in [-0.4, -0.2) is 28.8 Å². The van der Waals surface area contributed by atoms with Crippen molar-refractivity contribution in [1.82, 2.24) is 5.32 Å². The van der Waals surface area contributed by atoms with Crippen molar-refractivity contribution in [2.45, 2.75) is 6.92 Å².